The summed E-state index contributed by atoms with van der Waals surface area (Å²) in [6, 6.07) is 2.39. The fourth-order valence-electron chi connectivity index (χ4n) is 2.72. The van der Waals surface area contributed by atoms with Crippen molar-refractivity contribution in [2.24, 2.45) is 5.92 Å². The quantitative estimate of drug-likeness (QED) is 0.611. The summed E-state index contributed by atoms with van der Waals surface area (Å²) in [6.45, 7) is 0.684. The van der Waals surface area contributed by atoms with Gasteiger partial charge in [0.1, 0.15) is 11.5 Å². The molecule has 0 bridgehead atoms. The van der Waals surface area contributed by atoms with Gasteiger partial charge in [0.25, 0.3) is 5.69 Å². The Morgan fingerprint density at radius 3 is 2.70 bits per heavy atom. The number of anilines is 1. The maximum Gasteiger partial charge on any atom is 0.295 e. The van der Waals surface area contributed by atoms with Crippen LogP contribution in [0.3, 0.4) is 0 Å². The molecule has 0 spiro atoms. The summed E-state index contributed by atoms with van der Waals surface area (Å²) in [6.07, 6.45) is 7.39. The van der Waals surface area contributed by atoms with E-state index in [0.29, 0.717) is 18.2 Å². The van der Waals surface area contributed by atoms with Gasteiger partial charge in [0, 0.05) is 6.54 Å². The minimum atomic E-state index is -0.616. The lowest BCUT2D eigenvalue weighted by Gasteiger charge is -2.21. The van der Waals surface area contributed by atoms with Gasteiger partial charge in [0.15, 0.2) is 0 Å². The molecule has 6 heteroatoms. The molecule has 1 aliphatic rings. The first-order valence-corrected chi connectivity index (χ1v) is 7.74. The third kappa shape index (κ3) is 3.91. The maximum absolute atomic E-state index is 13.4. The molecule has 110 valence electrons. The normalized spacial score (nSPS) is 16.1. The fraction of sp³-hybridized carbons (Fsp3) is 0.571. The Labute approximate surface area is 126 Å². The zero-order chi connectivity index (χ0) is 14.5. The number of nitrogens with zero attached hydrogens (tertiary/aromatic N) is 1. The summed E-state index contributed by atoms with van der Waals surface area (Å²) in [4.78, 5) is 10.4. The second kappa shape index (κ2) is 7.02. The Morgan fingerprint density at radius 1 is 1.35 bits per heavy atom. The molecule has 1 saturated carbocycles. The Bertz CT molecular complexity index is 490. The molecule has 1 aliphatic carbocycles. The lowest BCUT2D eigenvalue weighted by atomic mass is 9.87. The molecule has 1 aromatic rings. The summed E-state index contributed by atoms with van der Waals surface area (Å²) < 4.78 is 13.6. The smallest absolute Gasteiger partial charge is 0.295 e. The van der Waals surface area contributed by atoms with Crippen LogP contribution in [-0.4, -0.2) is 11.5 Å². The van der Waals surface area contributed by atoms with Crippen molar-refractivity contribution >= 4 is 27.3 Å². The first-order valence-electron chi connectivity index (χ1n) is 6.95. The zero-order valence-electron chi connectivity index (χ0n) is 11.2. The highest BCUT2D eigenvalue weighted by Gasteiger charge is 2.18. The van der Waals surface area contributed by atoms with E-state index in [1.807, 2.05) is 0 Å². The van der Waals surface area contributed by atoms with E-state index in [2.05, 4.69) is 21.2 Å². The van der Waals surface area contributed by atoms with Gasteiger partial charge >= 0.3 is 0 Å². The summed E-state index contributed by atoms with van der Waals surface area (Å²) in [5.41, 5.74) is 0.161. The molecular formula is C14H18BrFN2O2. The molecule has 0 atom stereocenters. The van der Waals surface area contributed by atoms with Crippen LogP contribution in [0.2, 0.25) is 0 Å². The molecule has 1 aromatic carbocycles. The predicted molar refractivity (Wildman–Crippen MR) is 80.4 cm³/mol. The lowest BCUT2D eigenvalue weighted by molar-refractivity contribution is -0.384. The van der Waals surface area contributed by atoms with Crippen LogP contribution in [0.5, 0.6) is 0 Å². The minimum Gasteiger partial charge on any atom is -0.379 e. The Balaban J connectivity index is 1.97. The molecule has 2 rings (SSSR count). The van der Waals surface area contributed by atoms with E-state index in [0.717, 1.165) is 12.5 Å². The Kier molecular flexibility index (Phi) is 5.34. The number of nitro groups is 1. The average molecular weight is 345 g/mol. The topological polar surface area (TPSA) is 55.2 Å². The minimum absolute atomic E-state index is 0.214. The standard InChI is InChI=1S/C14H18BrFN2O2/c15-11-8-13(14(18(19)20)9-12(11)16)17-7-6-10-4-2-1-3-5-10/h8-10,17H,1-7H2. The zero-order valence-corrected chi connectivity index (χ0v) is 12.8. The van der Waals surface area contributed by atoms with E-state index in [1.165, 1.54) is 38.2 Å². The number of hydrogen-bond acceptors (Lipinski definition) is 3. The van der Waals surface area contributed by atoms with Crippen LogP contribution < -0.4 is 5.32 Å². The van der Waals surface area contributed by atoms with Gasteiger partial charge in [-0.25, -0.2) is 4.39 Å². The molecule has 0 aromatic heterocycles. The number of hydrogen-bond donors (Lipinski definition) is 1. The fourth-order valence-corrected chi connectivity index (χ4v) is 3.06. The molecule has 0 unspecified atom stereocenters. The van der Waals surface area contributed by atoms with E-state index >= 15 is 0 Å². The number of rotatable bonds is 5. The highest BCUT2D eigenvalue weighted by molar-refractivity contribution is 9.10. The average Bonchev–Trinajstić information content (AvgIpc) is 2.43. The SMILES string of the molecule is O=[N+]([O-])c1cc(F)c(Br)cc1NCCC1CCCCC1. The van der Waals surface area contributed by atoms with Crippen molar-refractivity contribution < 1.29 is 9.31 Å². The van der Waals surface area contributed by atoms with Crippen LogP contribution in [0.25, 0.3) is 0 Å². The third-order valence-corrected chi connectivity index (χ3v) is 4.44. The van der Waals surface area contributed by atoms with Crippen molar-refractivity contribution in [3.63, 3.8) is 0 Å². The second-order valence-corrected chi connectivity index (χ2v) is 6.11. The monoisotopic (exact) mass is 344 g/mol. The summed E-state index contributed by atoms with van der Waals surface area (Å²) >= 11 is 3.06. The van der Waals surface area contributed by atoms with E-state index in [-0.39, 0.29) is 10.2 Å². The van der Waals surface area contributed by atoms with Gasteiger partial charge in [-0.2, -0.15) is 0 Å². The molecule has 1 fully saturated rings. The van der Waals surface area contributed by atoms with Crippen molar-refractivity contribution in [1.29, 1.82) is 0 Å². The van der Waals surface area contributed by atoms with Crippen molar-refractivity contribution in [3.8, 4) is 0 Å². The van der Waals surface area contributed by atoms with Crippen molar-refractivity contribution in [2.75, 3.05) is 11.9 Å². The number of benzene rings is 1. The van der Waals surface area contributed by atoms with Crippen molar-refractivity contribution in [2.45, 2.75) is 38.5 Å². The molecule has 20 heavy (non-hydrogen) atoms. The summed E-state index contributed by atoms with van der Waals surface area (Å²) in [5, 5.41) is 14.0. The van der Waals surface area contributed by atoms with Crippen LogP contribution in [0.1, 0.15) is 38.5 Å². The first-order chi connectivity index (χ1) is 9.58. The molecule has 4 nitrogen and oxygen atoms in total. The summed E-state index contributed by atoms with van der Waals surface area (Å²) in [7, 11) is 0. The van der Waals surface area contributed by atoms with Crippen LogP contribution in [0, 0.1) is 21.8 Å². The largest absolute Gasteiger partial charge is 0.379 e. The number of nitrogens with one attached hydrogen (secondary N) is 1. The van der Waals surface area contributed by atoms with Crippen LogP contribution in [0.15, 0.2) is 16.6 Å². The maximum atomic E-state index is 13.4. The highest BCUT2D eigenvalue weighted by atomic mass is 79.9. The van der Waals surface area contributed by atoms with E-state index in [4.69, 9.17) is 0 Å². The van der Waals surface area contributed by atoms with Gasteiger partial charge in [-0.05, 0) is 34.3 Å². The lowest BCUT2D eigenvalue weighted by Crippen LogP contribution is -2.13. The molecule has 1 N–H and O–H groups in total. The van der Waals surface area contributed by atoms with E-state index in [9.17, 15) is 14.5 Å². The van der Waals surface area contributed by atoms with Crippen LogP contribution >= 0.6 is 15.9 Å². The van der Waals surface area contributed by atoms with Crippen molar-refractivity contribution in [3.05, 3.63) is 32.5 Å². The van der Waals surface area contributed by atoms with Gasteiger partial charge in [0.2, 0.25) is 0 Å². The van der Waals surface area contributed by atoms with Gasteiger partial charge in [-0.3, -0.25) is 10.1 Å². The van der Waals surface area contributed by atoms with Crippen LogP contribution in [-0.2, 0) is 0 Å². The van der Waals surface area contributed by atoms with Crippen LogP contribution in [0.4, 0.5) is 15.8 Å². The highest BCUT2D eigenvalue weighted by Crippen LogP contribution is 2.31. The van der Waals surface area contributed by atoms with Gasteiger partial charge in [-0.15, -0.1) is 0 Å². The molecule has 0 saturated heterocycles. The predicted octanol–water partition coefficient (Wildman–Crippen LogP) is 4.88. The number of nitro benzene ring substituents is 1. The molecular weight excluding hydrogens is 327 g/mol. The molecule has 0 aliphatic heterocycles. The molecule has 0 amide bonds. The van der Waals surface area contributed by atoms with Gasteiger partial charge in [-0.1, -0.05) is 32.1 Å². The summed E-state index contributed by atoms with van der Waals surface area (Å²) in [5.74, 6) is 0.0914. The number of halogens is 2. The van der Waals surface area contributed by atoms with Gasteiger partial charge < -0.3 is 5.32 Å². The van der Waals surface area contributed by atoms with Crippen molar-refractivity contribution in [1.82, 2.24) is 0 Å². The molecule has 0 radical (unpaired) electrons. The Morgan fingerprint density at radius 2 is 2.05 bits per heavy atom. The second-order valence-electron chi connectivity index (χ2n) is 5.26. The van der Waals surface area contributed by atoms with E-state index in [1.54, 1.807) is 0 Å². The van der Waals surface area contributed by atoms with Gasteiger partial charge in [0.05, 0.1) is 15.5 Å². The third-order valence-electron chi connectivity index (χ3n) is 3.83. The Hall–Kier alpha value is -1.17. The first kappa shape index (κ1) is 15.2. The van der Waals surface area contributed by atoms with E-state index < -0.39 is 10.7 Å². The molecule has 0 heterocycles.